The van der Waals surface area contributed by atoms with Crippen LogP contribution < -0.4 is 15.5 Å². The molecule has 0 saturated carbocycles. The van der Waals surface area contributed by atoms with E-state index in [0.29, 0.717) is 34.9 Å². The van der Waals surface area contributed by atoms with Crippen molar-refractivity contribution in [3.63, 3.8) is 0 Å². The lowest BCUT2D eigenvalue weighted by atomic mass is 10.1. The summed E-state index contributed by atoms with van der Waals surface area (Å²) in [6.45, 7) is 2.45. The van der Waals surface area contributed by atoms with E-state index in [1.165, 1.54) is 23.6 Å². The van der Waals surface area contributed by atoms with Crippen LogP contribution >= 0.6 is 67.8 Å². The van der Waals surface area contributed by atoms with Crippen molar-refractivity contribution in [1.29, 1.82) is 0 Å². The number of hydrogen-bond acceptors (Lipinski definition) is 7. The molecule has 0 aromatic heterocycles. The molecule has 0 aliphatic rings. The van der Waals surface area contributed by atoms with Crippen molar-refractivity contribution in [2.24, 2.45) is 5.73 Å². The molecule has 0 bridgehead atoms. The summed E-state index contributed by atoms with van der Waals surface area (Å²) >= 11 is 5.99. The van der Waals surface area contributed by atoms with Gasteiger partial charge in [0.15, 0.2) is 0 Å². The fourth-order valence-corrected chi connectivity index (χ4v) is 8.20. The predicted octanol–water partition coefficient (Wildman–Crippen LogP) is 1.57. The first-order chi connectivity index (χ1) is 15.9. The van der Waals surface area contributed by atoms with Gasteiger partial charge in [-0.2, -0.15) is 0 Å². The van der Waals surface area contributed by atoms with E-state index in [1.807, 2.05) is 67.8 Å². The molecule has 0 spiro atoms. The van der Waals surface area contributed by atoms with Gasteiger partial charge in [0.25, 0.3) is 5.91 Å². The molecular formula is C21H30I3N3O7. The third kappa shape index (κ3) is 8.36. The number of anilines is 2. The van der Waals surface area contributed by atoms with Crippen molar-refractivity contribution in [2.45, 2.75) is 51.7 Å². The van der Waals surface area contributed by atoms with Crippen LogP contribution in [0.25, 0.3) is 0 Å². The third-order valence-electron chi connectivity index (χ3n) is 5.08. The van der Waals surface area contributed by atoms with Gasteiger partial charge in [-0.05, 0) is 93.5 Å². The number of hydrogen-bond donors (Lipinski definition) is 5. The van der Waals surface area contributed by atoms with Crippen molar-refractivity contribution >= 4 is 96.9 Å². The summed E-state index contributed by atoms with van der Waals surface area (Å²) in [7, 11) is 0. The second-order valence-electron chi connectivity index (χ2n) is 7.68. The van der Waals surface area contributed by atoms with Crippen LogP contribution in [-0.2, 0) is 9.59 Å². The summed E-state index contributed by atoms with van der Waals surface area (Å²) in [6.07, 6.45) is -0.447. The van der Waals surface area contributed by atoms with Gasteiger partial charge in [0.05, 0.1) is 53.1 Å². The maximum atomic E-state index is 12.6. The van der Waals surface area contributed by atoms with Crippen LogP contribution in [0.3, 0.4) is 0 Å². The quantitative estimate of drug-likeness (QED) is 0.189. The van der Waals surface area contributed by atoms with E-state index >= 15 is 0 Å². The SMILES string of the molecule is CC(=O)N(CCCC(O)CO)c1c(I)c(C(N)=O)c(I)c(N(CCCC(O)CO)C(C)=O)c1I. The number of halogens is 3. The molecule has 10 nitrogen and oxygen atoms in total. The molecule has 192 valence electrons. The zero-order valence-electron chi connectivity index (χ0n) is 18.9. The number of carbonyl (C=O) groups is 3. The molecule has 1 aromatic carbocycles. The average Bonchev–Trinajstić information content (AvgIpc) is 2.75. The number of primary amides is 1. The Hall–Kier alpha value is -0.340. The van der Waals surface area contributed by atoms with Crippen LogP contribution in [0.15, 0.2) is 0 Å². The highest BCUT2D eigenvalue weighted by molar-refractivity contribution is 14.1. The molecule has 0 saturated heterocycles. The molecule has 2 unspecified atom stereocenters. The number of aliphatic hydroxyl groups excluding tert-OH is 4. The Kier molecular flexibility index (Phi) is 14.0. The van der Waals surface area contributed by atoms with Gasteiger partial charge >= 0.3 is 0 Å². The lowest BCUT2D eigenvalue weighted by molar-refractivity contribution is -0.117. The standard InChI is InChI=1S/C21H30I3N3O7/c1-11(30)26(7-3-5-13(32)9-28)19-16(22)15(21(25)34)17(23)20(18(19)24)27(12(2)31)8-4-6-14(33)10-29/h13-14,28-29,32-33H,3-10H2,1-2H3,(H2,25,34). The van der Waals surface area contributed by atoms with Crippen LogP contribution in [0.2, 0.25) is 0 Å². The number of nitrogens with two attached hydrogens (primary N) is 1. The molecule has 3 amide bonds. The number of aliphatic hydroxyl groups is 4. The lowest BCUT2D eigenvalue weighted by Crippen LogP contribution is -2.36. The molecule has 1 rings (SSSR count). The van der Waals surface area contributed by atoms with E-state index < -0.39 is 18.1 Å². The monoisotopic (exact) mass is 817 g/mol. The lowest BCUT2D eigenvalue weighted by Gasteiger charge is -2.31. The Bertz CT molecular complexity index is 840. The number of rotatable bonds is 13. The largest absolute Gasteiger partial charge is 0.394 e. The van der Waals surface area contributed by atoms with Crippen LogP contribution in [0, 0.1) is 10.7 Å². The fraction of sp³-hybridized carbons (Fsp3) is 0.571. The van der Waals surface area contributed by atoms with Crippen molar-refractivity contribution < 1.29 is 34.8 Å². The molecule has 0 radical (unpaired) electrons. The molecule has 1 aromatic rings. The summed E-state index contributed by atoms with van der Waals surface area (Å²) in [5, 5.41) is 37.4. The van der Waals surface area contributed by atoms with E-state index in [2.05, 4.69) is 0 Å². The molecule has 13 heteroatoms. The van der Waals surface area contributed by atoms with Gasteiger partial charge in [-0.3, -0.25) is 14.4 Å². The zero-order valence-corrected chi connectivity index (χ0v) is 25.4. The summed E-state index contributed by atoms with van der Waals surface area (Å²) in [5.74, 6) is -1.29. The van der Waals surface area contributed by atoms with Crippen molar-refractivity contribution in [2.75, 3.05) is 36.1 Å². The Morgan fingerprint density at radius 1 is 0.794 bits per heavy atom. The maximum absolute atomic E-state index is 12.6. The molecule has 0 aliphatic heterocycles. The molecule has 0 aliphatic carbocycles. The third-order valence-corrected chi connectivity index (χ3v) is 8.20. The van der Waals surface area contributed by atoms with E-state index in [-0.39, 0.29) is 56.5 Å². The van der Waals surface area contributed by atoms with Crippen LogP contribution in [0.1, 0.15) is 49.9 Å². The summed E-state index contributed by atoms with van der Waals surface area (Å²) in [6, 6.07) is 0. The smallest absolute Gasteiger partial charge is 0.251 e. The highest BCUT2D eigenvalue weighted by Crippen LogP contribution is 2.42. The minimum atomic E-state index is -0.900. The van der Waals surface area contributed by atoms with Gasteiger partial charge < -0.3 is 36.0 Å². The zero-order chi connectivity index (χ0) is 26.2. The summed E-state index contributed by atoms with van der Waals surface area (Å²) in [5.41, 5.74) is 6.77. The van der Waals surface area contributed by atoms with E-state index in [1.54, 1.807) is 0 Å². The molecule has 0 heterocycles. The van der Waals surface area contributed by atoms with Gasteiger partial charge in [-0.15, -0.1) is 0 Å². The van der Waals surface area contributed by atoms with E-state index in [9.17, 15) is 24.6 Å². The first-order valence-electron chi connectivity index (χ1n) is 10.5. The fourth-order valence-electron chi connectivity index (χ4n) is 3.33. The maximum Gasteiger partial charge on any atom is 0.251 e. The molecule has 34 heavy (non-hydrogen) atoms. The number of amides is 3. The van der Waals surface area contributed by atoms with Gasteiger partial charge in [0.2, 0.25) is 11.8 Å². The summed E-state index contributed by atoms with van der Waals surface area (Å²) < 4.78 is 1.52. The second kappa shape index (κ2) is 15.0. The van der Waals surface area contributed by atoms with Gasteiger partial charge in [-0.1, -0.05) is 0 Å². The topological polar surface area (TPSA) is 165 Å². The average molecular weight is 817 g/mol. The van der Waals surface area contributed by atoms with Crippen molar-refractivity contribution in [3.05, 3.63) is 16.3 Å². The van der Waals surface area contributed by atoms with E-state index in [0.717, 1.165) is 0 Å². The molecule has 0 fully saturated rings. The normalized spacial score (nSPS) is 12.9. The van der Waals surface area contributed by atoms with Gasteiger partial charge in [0.1, 0.15) is 0 Å². The van der Waals surface area contributed by atoms with Gasteiger partial charge in [0, 0.05) is 26.9 Å². The predicted molar refractivity (Wildman–Crippen MR) is 154 cm³/mol. The number of nitrogens with zero attached hydrogens (tertiary/aromatic N) is 2. The van der Waals surface area contributed by atoms with E-state index in [4.69, 9.17) is 15.9 Å². The van der Waals surface area contributed by atoms with Crippen molar-refractivity contribution in [1.82, 2.24) is 0 Å². The van der Waals surface area contributed by atoms with Crippen LogP contribution in [0.5, 0.6) is 0 Å². The number of benzene rings is 1. The molecule has 6 N–H and O–H groups in total. The van der Waals surface area contributed by atoms with Crippen LogP contribution in [0.4, 0.5) is 11.4 Å². The Balaban J connectivity index is 3.63. The molecule has 2 atom stereocenters. The van der Waals surface area contributed by atoms with Crippen molar-refractivity contribution in [3.8, 4) is 0 Å². The Morgan fingerprint density at radius 3 is 1.41 bits per heavy atom. The summed E-state index contributed by atoms with van der Waals surface area (Å²) in [4.78, 5) is 40.6. The Labute approximate surface area is 239 Å². The Morgan fingerprint density at radius 2 is 1.15 bits per heavy atom. The minimum Gasteiger partial charge on any atom is -0.394 e. The first-order valence-corrected chi connectivity index (χ1v) is 13.8. The number of carbonyl (C=O) groups excluding carboxylic acids is 3. The molecular weight excluding hydrogens is 787 g/mol. The highest BCUT2D eigenvalue weighted by Gasteiger charge is 2.31. The van der Waals surface area contributed by atoms with Crippen LogP contribution in [-0.4, -0.2) is 76.7 Å². The minimum absolute atomic E-state index is 0.190. The highest BCUT2D eigenvalue weighted by atomic mass is 127. The van der Waals surface area contributed by atoms with Gasteiger partial charge in [-0.25, -0.2) is 0 Å². The first kappa shape index (κ1) is 31.7. The second-order valence-corrected chi connectivity index (χ2v) is 10.9.